The molecular weight excluding hydrogens is 394 g/mol. The predicted molar refractivity (Wildman–Crippen MR) is 115 cm³/mol. The molecule has 0 aliphatic heterocycles. The lowest BCUT2D eigenvalue weighted by atomic mass is 10.1. The largest absolute Gasteiger partial charge is 0.322 e. The topological polar surface area (TPSA) is 74.2 Å². The van der Waals surface area contributed by atoms with Crippen molar-refractivity contribution in [2.24, 2.45) is 0 Å². The summed E-state index contributed by atoms with van der Waals surface area (Å²) >= 11 is 8.04. The molecule has 0 bridgehead atoms. The zero-order valence-corrected chi connectivity index (χ0v) is 16.4. The number of aromatic nitrogens is 1. The normalized spacial score (nSPS) is 10.8. The molecule has 4 aromatic rings. The van der Waals surface area contributed by atoms with E-state index in [0.29, 0.717) is 22.0 Å². The van der Waals surface area contributed by atoms with Crippen LogP contribution in [0.2, 0.25) is 5.02 Å². The smallest absolute Gasteiger partial charge is 0.255 e. The van der Waals surface area contributed by atoms with Crippen molar-refractivity contribution in [3.63, 3.8) is 0 Å². The number of nitrogens with zero attached hydrogens (tertiary/aromatic N) is 1. The first-order valence-electron chi connectivity index (χ1n) is 8.53. The van der Waals surface area contributed by atoms with Gasteiger partial charge in [-0.25, -0.2) is 4.98 Å². The van der Waals surface area contributed by atoms with E-state index in [1.165, 1.54) is 0 Å². The number of halogens is 1. The molecule has 5 nitrogen and oxygen atoms in total. The molecule has 0 atom stereocenters. The lowest BCUT2D eigenvalue weighted by molar-refractivity contribution is 0.102. The van der Waals surface area contributed by atoms with Crippen LogP contribution >= 0.6 is 22.9 Å². The molecule has 0 aliphatic carbocycles. The van der Waals surface area contributed by atoms with E-state index in [9.17, 15) is 4.79 Å². The highest BCUT2D eigenvalue weighted by atomic mass is 35.5. The minimum absolute atomic E-state index is 0.253. The molecular formula is C21H16ClN3O2S. The van der Waals surface area contributed by atoms with Crippen LogP contribution < -0.4 is 10.8 Å². The van der Waals surface area contributed by atoms with Crippen LogP contribution in [0, 0.1) is 6.92 Å². The monoisotopic (exact) mass is 409 g/mol. The molecule has 28 heavy (non-hydrogen) atoms. The lowest BCUT2D eigenvalue weighted by Gasteiger charge is -2.09. The molecule has 0 unspecified atom stereocenters. The van der Waals surface area contributed by atoms with Gasteiger partial charge in [0.15, 0.2) is 0 Å². The fourth-order valence-corrected chi connectivity index (χ4v) is 4.22. The molecule has 0 aliphatic rings. The third-order valence-corrected chi connectivity index (χ3v) is 5.74. The van der Waals surface area contributed by atoms with Gasteiger partial charge in [0.1, 0.15) is 5.01 Å². The Balaban J connectivity index is 1.57. The van der Waals surface area contributed by atoms with E-state index in [0.717, 1.165) is 26.4 Å². The fourth-order valence-electron chi connectivity index (χ4n) is 2.89. The Bertz CT molecular complexity index is 1160. The van der Waals surface area contributed by atoms with E-state index in [1.54, 1.807) is 42.5 Å². The maximum Gasteiger partial charge on any atom is 0.255 e. The van der Waals surface area contributed by atoms with Gasteiger partial charge in [0, 0.05) is 16.8 Å². The van der Waals surface area contributed by atoms with Gasteiger partial charge in [-0.1, -0.05) is 23.7 Å². The Morgan fingerprint density at radius 3 is 2.64 bits per heavy atom. The summed E-state index contributed by atoms with van der Waals surface area (Å²) in [7, 11) is 0. The molecule has 0 fully saturated rings. The summed E-state index contributed by atoms with van der Waals surface area (Å²) in [6.07, 6.45) is 0. The number of rotatable bonds is 4. The molecule has 1 amide bonds. The molecule has 0 saturated carbocycles. The van der Waals surface area contributed by atoms with Gasteiger partial charge in [0.25, 0.3) is 5.91 Å². The predicted octanol–water partition coefficient (Wildman–Crippen LogP) is 5.98. The van der Waals surface area contributed by atoms with Gasteiger partial charge in [-0.05, 0) is 61.0 Å². The Hall–Kier alpha value is -2.93. The van der Waals surface area contributed by atoms with Crippen molar-refractivity contribution in [2.75, 3.05) is 10.8 Å². The summed E-state index contributed by atoms with van der Waals surface area (Å²) in [6, 6.07) is 18.3. The van der Waals surface area contributed by atoms with E-state index >= 15 is 0 Å². The van der Waals surface area contributed by atoms with Crippen LogP contribution in [0.1, 0.15) is 15.9 Å². The second kappa shape index (κ2) is 7.59. The highest BCUT2D eigenvalue weighted by Gasteiger charge is 2.12. The number of benzene rings is 3. The van der Waals surface area contributed by atoms with Crippen LogP contribution in [0.15, 0.2) is 60.7 Å². The average molecular weight is 410 g/mol. The van der Waals surface area contributed by atoms with Gasteiger partial charge in [-0.3, -0.25) is 15.5 Å². The number of carbonyl (C=O) groups excluding carboxylic acids is 1. The van der Waals surface area contributed by atoms with Crippen LogP contribution in [-0.4, -0.2) is 16.1 Å². The lowest BCUT2D eigenvalue weighted by Crippen LogP contribution is -2.12. The molecule has 0 spiro atoms. The minimum Gasteiger partial charge on any atom is -0.322 e. The number of anilines is 2. The Morgan fingerprint density at radius 1 is 1.11 bits per heavy atom. The van der Waals surface area contributed by atoms with Crippen molar-refractivity contribution in [1.29, 1.82) is 0 Å². The molecule has 0 radical (unpaired) electrons. The van der Waals surface area contributed by atoms with Gasteiger partial charge in [0.05, 0.1) is 20.9 Å². The van der Waals surface area contributed by atoms with Crippen molar-refractivity contribution in [3.05, 3.63) is 76.8 Å². The van der Waals surface area contributed by atoms with Crippen LogP contribution in [0.5, 0.6) is 0 Å². The third-order valence-electron chi connectivity index (χ3n) is 4.36. The van der Waals surface area contributed by atoms with Gasteiger partial charge < -0.3 is 5.32 Å². The van der Waals surface area contributed by atoms with Crippen molar-refractivity contribution < 1.29 is 10.0 Å². The van der Waals surface area contributed by atoms with Gasteiger partial charge in [0.2, 0.25) is 0 Å². The number of thiazole rings is 1. The number of hydrogen-bond acceptors (Lipinski definition) is 5. The second-order valence-corrected chi connectivity index (χ2v) is 7.71. The molecule has 4 rings (SSSR count). The highest BCUT2D eigenvalue weighted by molar-refractivity contribution is 7.21. The first-order chi connectivity index (χ1) is 13.5. The Labute approximate surface area is 170 Å². The zero-order chi connectivity index (χ0) is 19.7. The van der Waals surface area contributed by atoms with Crippen LogP contribution in [0.25, 0.3) is 20.8 Å². The summed E-state index contributed by atoms with van der Waals surface area (Å²) in [4.78, 5) is 17.1. The number of nitrogens with one attached hydrogen (secondary N) is 2. The van der Waals surface area contributed by atoms with Crippen molar-refractivity contribution in [1.82, 2.24) is 4.98 Å². The maximum absolute atomic E-state index is 12.5. The Kier molecular flexibility index (Phi) is 5.00. The number of para-hydroxylation sites is 1. The van der Waals surface area contributed by atoms with E-state index in [1.807, 2.05) is 36.4 Å². The second-order valence-electron chi connectivity index (χ2n) is 6.28. The maximum atomic E-state index is 12.5. The number of carbonyl (C=O) groups is 1. The van der Waals surface area contributed by atoms with Crippen LogP contribution in [-0.2, 0) is 0 Å². The van der Waals surface area contributed by atoms with E-state index in [-0.39, 0.29) is 5.91 Å². The number of amides is 1. The number of fused-ring (bicyclic) bond motifs is 1. The molecule has 140 valence electrons. The number of hydrogen-bond donors (Lipinski definition) is 3. The molecule has 0 saturated heterocycles. The van der Waals surface area contributed by atoms with Gasteiger partial charge >= 0.3 is 0 Å². The van der Waals surface area contributed by atoms with E-state index in [4.69, 9.17) is 16.8 Å². The van der Waals surface area contributed by atoms with Crippen LogP contribution in [0.3, 0.4) is 0 Å². The summed E-state index contributed by atoms with van der Waals surface area (Å²) in [5.74, 6) is -0.253. The summed E-state index contributed by atoms with van der Waals surface area (Å²) in [5.41, 5.74) is 6.27. The summed E-state index contributed by atoms with van der Waals surface area (Å²) < 4.78 is 1.10. The molecule has 7 heteroatoms. The Morgan fingerprint density at radius 2 is 1.93 bits per heavy atom. The van der Waals surface area contributed by atoms with Crippen molar-refractivity contribution >= 4 is 50.4 Å². The van der Waals surface area contributed by atoms with E-state index in [2.05, 4.69) is 15.8 Å². The van der Waals surface area contributed by atoms with Crippen LogP contribution in [0.4, 0.5) is 11.4 Å². The first kappa shape index (κ1) is 18.4. The number of aryl methyl sites for hydroxylation is 1. The average Bonchev–Trinajstić information content (AvgIpc) is 3.11. The molecule has 3 N–H and O–H groups in total. The van der Waals surface area contributed by atoms with Gasteiger partial charge in [-0.15, -0.1) is 11.3 Å². The fraction of sp³-hybridized carbons (Fsp3) is 0.0476. The summed E-state index contributed by atoms with van der Waals surface area (Å²) in [6.45, 7) is 1.80. The van der Waals surface area contributed by atoms with Crippen molar-refractivity contribution in [3.8, 4) is 10.6 Å². The molecule has 1 aromatic heterocycles. The van der Waals surface area contributed by atoms with Gasteiger partial charge in [-0.2, -0.15) is 0 Å². The SMILES string of the molecule is Cc1cc(C(=O)Nc2ccc(-c3nc4ccccc4s3)c(Cl)c2)ccc1NO. The quantitative estimate of drug-likeness (QED) is 0.362. The highest BCUT2D eigenvalue weighted by Crippen LogP contribution is 2.35. The zero-order valence-electron chi connectivity index (χ0n) is 14.9. The minimum atomic E-state index is -0.253. The standard InChI is InChI=1S/C21H16ClN3O2S/c1-12-10-13(6-9-17(12)25-27)20(26)23-14-7-8-15(16(22)11-14)21-24-18-4-2-3-5-19(18)28-21/h2-11,25,27H,1H3,(H,23,26). The third kappa shape index (κ3) is 3.57. The molecule has 3 aromatic carbocycles. The summed E-state index contributed by atoms with van der Waals surface area (Å²) in [5, 5.41) is 13.2. The molecule has 1 heterocycles. The first-order valence-corrected chi connectivity index (χ1v) is 9.72. The van der Waals surface area contributed by atoms with Crippen molar-refractivity contribution in [2.45, 2.75) is 6.92 Å². The van der Waals surface area contributed by atoms with E-state index < -0.39 is 0 Å².